The van der Waals surface area contributed by atoms with Crippen LogP contribution in [0.3, 0.4) is 0 Å². The molecule has 2 aromatic rings. The molecule has 1 aromatic heterocycles. The van der Waals surface area contributed by atoms with Crippen molar-refractivity contribution in [1.82, 2.24) is 4.57 Å². The van der Waals surface area contributed by atoms with E-state index in [0.717, 1.165) is 21.9 Å². The first kappa shape index (κ1) is 12.9. The van der Waals surface area contributed by atoms with Gasteiger partial charge < -0.3 is 9.47 Å². The van der Waals surface area contributed by atoms with Crippen LogP contribution in [-0.4, -0.2) is 17.1 Å². The van der Waals surface area contributed by atoms with Crippen LogP contribution in [0.5, 0.6) is 11.5 Å². The van der Waals surface area contributed by atoms with Gasteiger partial charge in [0.2, 0.25) is 6.79 Å². The number of carbonyl (C=O) groups is 1. The Hall–Kier alpha value is -2.08. The van der Waals surface area contributed by atoms with Gasteiger partial charge in [0.1, 0.15) is 0 Å². The van der Waals surface area contributed by atoms with E-state index in [1.54, 1.807) is 18.2 Å². The molecular weight excluding hydrogens is 278 g/mol. The Bertz CT molecular complexity index is 744. The highest BCUT2D eigenvalue weighted by Gasteiger charge is 2.18. The van der Waals surface area contributed by atoms with Gasteiger partial charge in [0.25, 0.3) is 0 Å². The average Bonchev–Trinajstić information content (AvgIpc) is 2.98. The van der Waals surface area contributed by atoms with Crippen molar-refractivity contribution in [3.63, 3.8) is 0 Å². The van der Waals surface area contributed by atoms with Gasteiger partial charge in [-0.3, -0.25) is 14.2 Å². The van der Waals surface area contributed by atoms with E-state index in [1.165, 1.54) is 4.57 Å². The summed E-state index contributed by atoms with van der Waals surface area (Å²) in [7, 11) is 0. The van der Waals surface area contributed by atoms with Gasteiger partial charge in [0.05, 0.1) is 6.54 Å². The van der Waals surface area contributed by atoms with E-state index in [2.05, 4.69) is 0 Å². The maximum atomic E-state index is 12.3. The minimum absolute atomic E-state index is 0.0502. The van der Waals surface area contributed by atoms with Gasteiger partial charge in [-0.1, -0.05) is 11.3 Å². The Morgan fingerprint density at radius 2 is 2.05 bits per heavy atom. The molecule has 0 atom stereocenters. The fourth-order valence-electron chi connectivity index (χ4n) is 2.07. The van der Waals surface area contributed by atoms with Crippen LogP contribution in [0.25, 0.3) is 0 Å². The number of carbonyl (C=O) groups excluding carboxylic acids is 1. The smallest absolute Gasteiger partial charge is 0.307 e. The predicted molar refractivity (Wildman–Crippen MR) is 74.9 cm³/mol. The topological polar surface area (TPSA) is 57.5 Å². The van der Waals surface area contributed by atoms with Gasteiger partial charge in [0.15, 0.2) is 17.3 Å². The summed E-state index contributed by atoms with van der Waals surface area (Å²) >= 11 is 1.16. The van der Waals surface area contributed by atoms with E-state index >= 15 is 0 Å². The van der Waals surface area contributed by atoms with Crippen molar-refractivity contribution in [2.45, 2.75) is 20.4 Å². The number of hydrogen-bond acceptors (Lipinski definition) is 5. The van der Waals surface area contributed by atoms with Crippen LogP contribution in [0.4, 0.5) is 0 Å². The maximum Gasteiger partial charge on any atom is 0.307 e. The minimum Gasteiger partial charge on any atom is -0.454 e. The van der Waals surface area contributed by atoms with Gasteiger partial charge in [-0.05, 0) is 32.0 Å². The summed E-state index contributed by atoms with van der Waals surface area (Å²) < 4.78 is 12.0. The molecular formula is C14H13NO4S. The molecule has 0 amide bonds. The van der Waals surface area contributed by atoms with E-state index < -0.39 is 0 Å². The van der Waals surface area contributed by atoms with Crippen molar-refractivity contribution in [3.8, 4) is 11.5 Å². The number of Topliss-reactive ketones (excluding diaryl/α,β-unsaturated/α-hetero) is 1. The van der Waals surface area contributed by atoms with Crippen molar-refractivity contribution < 1.29 is 14.3 Å². The summed E-state index contributed by atoms with van der Waals surface area (Å²) in [6.45, 7) is 3.95. The van der Waals surface area contributed by atoms with Crippen LogP contribution in [0.1, 0.15) is 20.9 Å². The molecule has 0 spiro atoms. The fraction of sp³-hybridized carbons (Fsp3) is 0.286. The molecule has 6 heteroatoms. The van der Waals surface area contributed by atoms with Crippen LogP contribution in [-0.2, 0) is 6.54 Å². The zero-order chi connectivity index (χ0) is 14.3. The van der Waals surface area contributed by atoms with Gasteiger partial charge in [-0.25, -0.2) is 0 Å². The third-order valence-corrected chi connectivity index (χ3v) is 4.37. The van der Waals surface area contributed by atoms with Crippen LogP contribution >= 0.6 is 11.3 Å². The molecule has 0 saturated carbocycles. The lowest BCUT2D eigenvalue weighted by Crippen LogP contribution is -2.20. The summed E-state index contributed by atoms with van der Waals surface area (Å²) in [6, 6.07) is 5.06. The van der Waals surface area contributed by atoms with Crippen molar-refractivity contribution in [2.75, 3.05) is 6.79 Å². The number of rotatable bonds is 3. The molecule has 0 bridgehead atoms. The molecule has 0 radical (unpaired) electrons. The molecule has 0 aliphatic carbocycles. The molecule has 20 heavy (non-hydrogen) atoms. The molecule has 0 saturated heterocycles. The van der Waals surface area contributed by atoms with Gasteiger partial charge in [-0.15, -0.1) is 0 Å². The molecule has 1 aliphatic rings. The fourth-order valence-corrected chi connectivity index (χ4v) is 2.91. The number of nitrogens with zero attached hydrogens (tertiary/aromatic N) is 1. The average molecular weight is 291 g/mol. The van der Waals surface area contributed by atoms with Crippen LogP contribution in [0, 0.1) is 13.8 Å². The summed E-state index contributed by atoms with van der Waals surface area (Å²) in [4.78, 5) is 24.9. The SMILES string of the molecule is Cc1sc(=O)n(CC(=O)c2ccc3c(c2)OCO3)c1C. The second-order valence-corrected chi connectivity index (χ2v) is 5.75. The second kappa shape index (κ2) is 4.79. The number of aryl methyl sites for hydroxylation is 1. The summed E-state index contributed by atoms with van der Waals surface area (Å²) in [6.07, 6.45) is 0. The Labute approximate surface area is 119 Å². The largest absolute Gasteiger partial charge is 0.454 e. The molecule has 104 valence electrons. The zero-order valence-electron chi connectivity index (χ0n) is 11.1. The number of hydrogen-bond donors (Lipinski definition) is 0. The first-order valence-corrected chi connectivity index (χ1v) is 6.97. The summed E-state index contributed by atoms with van der Waals surface area (Å²) in [5.41, 5.74) is 1.36. The monoisotopic (exact) mass is 291 g/mol. The summed E-state index contributed by atoms with van der Waals surface area (Å²) in [5.74, 6) is 1.09. The van der Waals surface area contributed by atoms with Crippen molar-refractivity contribution in [1.29, 1.82) is 0 Å². The Morgan fingerprint density at radius 1 is 1.30 bits per heavy atom. The molecule has 2 heterocycles. The predicted octanol–water partition coefficient (Wildman–Crippen LogP) is 2.14. The molecule has 5 nitrogen and oxygen atoms in total. The number of benzene rings is 1. The van der Waals surface area contributed by atoms with E-state index in [9.17, 15) is 9.59 Å². The van der Waals surface area contributed by atoms with E-state index in [1.807, 2.05) is 13.8 Å². The van der Waals surface area contributed by atoms with E-state index in [4.69, 9.17) is 9.47 Å². The molecule has 3 rings (SSSR count). The van der Waals surface area contributed by atoms with Crippen LogP contribution in [0.15, 0.2) is 23.0 Å². The van der Waals surface area contributed by atoms with Crippen LogP contribution in [0.2, 0.25) is 0 Å². The minimum atomic E-state index is -0.119. The van der Waals surface area contributed by atoms with Gasteiger partial charge in [0, 0.05) is 16.1 Å². The van der Waals surface area contributed by atoms with Crippen molar-refractivity contribution >= 4 is 17.1 Å². The van der Waals surface area contributed by atoms with E-state index in [0.29, 0.717) is 17.1 Å². The maximum absolute atomic E-state index is 12.3. The Kier molecular flexibility index (Phi) is 3.10. The van der Waals surface area contributed by atoms with Crippen LogP contribution < -0.4 is 14.3 Å². The molecule has 1 aromatic carbocycles. The third kappa shape index (κ3) is 2.12. The zero-order valence-corrected chi connectivity index (χ0v) is 12.0. The lowest BCUT2D eigenvalue weighted by molar-refractivity contribution is 0.0970. The number of ketones is 1. The Balaban J connectivity index is 1.88. The number of ether oxygens (including phenoxy) is 2. The van der Waals surface area contributed by atoms with Gasteiger partial charge in [-0.2, -0.15) is 0 Å². The van der Waals surface area contributed by atoms with Crippen molar-refractivity contribution in [2.24, 2.45) is 0 Å². The molecule has 1 aliphatic heterocycles. The highest BCUT2D eigenvalue weighted by atomic mass is 32.1. The van der Waals surface area contributed by atoms with Crippen molar-refractivity contribution in [3.05, 3.63) is 44.0 Å². The second-order valence-electron chi connectivity index (χ2n) is 4.59. The molecule has 0 N–H and O–H groups in total. The van der Waals surface area contributed by atoms with Gasteiger partial charge >= 0.3 is 4.87 Å². The lowest BCUT2D eigenvalue weighted by Gasteiger charge is -2.05. The first-order valence-electron chi connectivity index (χ1n) is 6.16. The number of fused-ring (bicyclic) bond motifs is 1. The summed E-state index contributed by atoms with van der Waals surface area (Å²) in [5, 5.41) is 0. The number of aromatic nitrogens is 1. The Morgan fingerprint density at radius 3 is 2.75 bits per heavy atom. The van der Waals surface area contributed by atoms with E-state index in [-0.39, 0.29) is 24.0 Å². The highest BCUT2D eigenvalue weighted by molar-refractivity contribution is 7.09. The molecule has 0 fully saturated rings. The highest BCUT2D eigenvalue weighted by Crippen LogP contribution is 2.32. The third-order valence-electron chi connectivity index (χ3n) is 3.37. The lowest BCUT2D eigenvalue weighted by atomic mass is 10.1. The standard InChI is InChI=1S/C14H13NO4S/c1-8-9(2)20-14(17)15(8)6-11(16)10-3-4-12-13(5-10)19-7-18-12/h3-5H,6-7H2,1-2H3. The normalized spacial score (nSPS) is 12.7. The molecule has 0 unspecified atom stereocenters. The quantitative estimate of drug-likeness (QED) is 0.813. The first-order chi connectivity index (χ1) is 9.56. The number of thiazole rings is 1.